The molecule has 1 aliphatic carbocycles. The molecule has 0 saturated heterocycles. The second-order valence-corrected chi connectivity index (χ2v) is 7.85. The van der Waals surface area contributed by atoms with Gasteiger partial charge >= 0.3 is 0 Å². The van der Waals surface area contributed by atoms with Crippen LogP contribution >= 0.6 is 0 Å². The lowest BCUT2D eigenvalue weighted by atomic mass is 9.95. The van der Waals surface area contributed by atoms with Gasteiger partial charge in [-0.25, -0.2) is 5.43 Å². The Morgan fingerprint density at radius 1 is 1.06 bits per heavy atom. The molecule has 3 aromatic rings. The number of nitrogens with one attached hydrogen (secondary N) is 1. The van der Waals surface area contributed by atoms with E-state index in [1.165, 1.54) is 35.0 Å². The average Bonchev–Trinajstić information content (AvgIpc) is 3.14. The molecule has 0 aliphatic heterocycles. The van der Waals surface area contributed by atoms with E-state index in [2.05, 4.69) is 39.4 Å². The van der Waals surface area contributed by atoms with Crippen molar-refractivity contribution in [1.82, 2.24) is 9.99 Å². The maximum atomic E-state index is 12.5. The molecule has 6 heteroatoms. The van der Waals surface area contributed by atoms with Crippen LogP contribution in [0.5, 0.6) is 11.5 Å². The molecule has 1 amide bonds. The zero-order valence-corrected chi connectivity index (χ0v) is 18.4. The van der Waals surface area contributed by atoms with E-state index < -0.39 is 0 Å². The molecule has 0 unspecified atom stereocenters. The van der Waals surface area contributed by atoms with Gasteiger partial charge in [0.2, 0.25) is 5.91 Å². The molecule has 0 fully saturated rings. The molecular formula is C25H29N3O3. The molecule has 0 saturated carbocycles. The number of hydrazone groups is 1. The van der Waals surface area contributed by atoms with Gasteiger partial charge in [-0.05, 0) is 62.4 Å². The van der Waals surface area contributed by atoms with Crippen LogP contribution in [0, 0.1) is 0 Å². The van der Waals surface area contributed by atoms with Crippen LogP contribution in [0.15, 0.2) is 47.6 Å². The third kappa shape index (κ3) is 4.29. The predicted molar refractivity (Wildman–Crippen MR) is 123 cm³/mol. The summed E-state index contributed by atoms with van der Waals surface area (Å²) < 4.78 is 12.9. The van der Waals surface area contributed by atoms with Crippen LogP contribution in [0.3, 0.4) is 0 Å². The Balaban J connectivity index is 1.44. The predicted octanol–water partition coefficient (Wildman–Crippen LogP) is 4.47. The van der Waals surface area contributed by atoms with Gasteiger partial charge in [0.15, 0.2) is 11.5 Å². The van der Waals surface area contributed by atoms with E-state index in [-0.39, 0.29) is 5.91 Å². The van der Waals surface area contributed by atoms with Crippen LogP contribution in [0.4, 0.5) is 0 Å². The van der Waals surface area contributed by atoms with Crippen LogP contribution in [-0.2, 0) is 24.2 Å². The molecule has 0 spiro atoms. The van der Waals surface area contributed by atoms with Crippen molar-refractivity contribution in [2.24, 2.45) is 5.10 Å². The minimum Gasteiger partial charge on any atom is -0.493 e. The van der Waals surface area contributed by atoms with Crippen molar-refractivity contribution in [1.29, 1.82) is 0 Å². The van der Waals surface area contributed by atoms with E-state index in [1.807, 2.05) is 25.1 Å². The molecule has 1 aromatic heterocycles. The Labute approximate surface area is 182 Å². The molecule has 6 nitrogen and oxygen atoms in total. The van der Waals surface area contributed by atoms with Gasteiger partial charge in [0.1, 0.15) is 0 Å². The minimum absolute atomic E-state index is 0.0952. The number of amides is 1. The first-order valence-electron chi connectivity index (χ1n) is 10.8. The number of carbonyl (C=O) groups is 1. The Morgan fingerprint density at radius 2 is 1.84 bits per heavy atom. The number of ether oxygens (including phenoxy) is 2. The number of para-hydroxylation sites is 1. The highest BCUT2D eigenvalue weighted by atomic mass is 16.5. The van der Waals surface area contributed by atoms with E-state index in [9.17, 15) is 4.79 Å². The number of carbonyl (C=O) groups excluding carboxylic acids is 1. The summed E-state index contributed by atoms with van der Waals surface area (Å²) in [5, 5.41) is 5.62. The summed E-state index contributed by atoms with van der Waals surface area (Å²) in [6.07, 6.45) is 5.05. The average molecular weight is 420 g/mol. The maximum Gasteiger partial charge on any atom is 0.241 e. The summed E-state index contributed by atoms with van der Waals surface area (Å²) in [6, 6.07) is 14.1. The van der Waals surface area contributed by atoms with E-state index in [1.54, 1.807) is 14.2 Å². The number of hydrogen-bond donors (Lipinski definition) is 1. The van der Waals surface area contributed by atoms with Gasteiger partial charge in [0, 0.05) is 35.1 Å². The molecule has 0 atom stereocenters. The molecule has 31 heavy (non-hydrogen) atoms. The molecule has 162 valence electrons. The third-order valence-corrected chi connectivity index (χ3v) is 6.00. The molecule has 1 heterocycles. The lowest BCUT2D eigenvalue weighted by molar-refractivity contribution is -0.121. The lowest BCUT2D eigenvalue weighted by Crippen LogP contribution is -2.21. The van der Waals surface area contributed by atoms with Gasteiger partial charge < -0.3 is 14.0 Å². The molecule has 0 bridgehead atoms. The summed E-state index contributed by atoms with van der Waals surface area (Å²) in [7, 11) is 3.20. The molecule has 2 aromatic carbocycles. The third-order valence-electron chi connectivity index (χ3n) is 6.00. The van der Waals surface area contributed by atoms with E-state index in [4.69, 9.17) is 9.47 Å². The number of aromatic nitrogens is 1. The number of methoxy groups -OCH3 is 2. The van der Waals surface area contributed by atoms with Gasteiger partial charge in [0.25, 0.3) is 0 Å². The van der Waals surface area contributed by atoms with Crippen molar-refractivity contribution < 1.29 is 14.3 Å². The number of aryl methyl sites for hydroxylation is 2. The highest BCUT2D eigenvalue weighted by molar-refractivity contribution is 5.99. The van der Waals surface area contributed by atoms with Gasteiger partial charge in [-0.15, -0.1) is 0 Å². The van der Waals surface area contributed by atoms with Crippen LogP contribution in [-0.4, -0.2) is 30.4 Å². The summed E-state index contributed by atoms with van der Waals surface area (Å²) >= 11 is 0. The zero-order chi connectivity index (χ0) is 21.8. The summed E-state index contributed by atoms with van der Waals surface area (Å²) in [4.78, 5) is 12.5. The molecule has 1 N–H and O–H groups in total. The smallest absolute Gasteiger partial charge is 0.241 e. The fourth-order valence-corrected chi connectivity index (χ4v) is 4.38. The zero-order valence-electron chi connectivity index (χ0n) is 18.4. The highest BCUT2D eigenvalue weighted by Gasteiger charge is 2.19. The van der Waals surface area contributed by atoms with Crippen LogP contribution in [0.2, 0.25) is 0 Å². The molecular weight excluding hydrogens is 390 g/mol. The molecule has 4 rings (SSSR count). The Kier molecular flexibility index (Phi) is 6.26. The minimum atomic E-state index is -0.0952. The van der Waals surface area contributed by atoms with E-state index in [0.29, 0.717) is 30.2 Å². The van der Waals surface area contributed by atoms with Crippen LogP contribution < -0.4 is 14.9 Å². The number of hydrogen-bond acceptors (Lipinski definition) is 4. The van der Waals surface area contributed by atoms with Gasteiger partial charge in [-0.3, -0.25) is 4.79 Å². The Hall–Kier alpha value is -3.28. The van der Waals surface area contributed by atoms with Gasteiger partial charge in [0.05, 0.1) is 19.9 Å². The topological polar surface area (TPSA) is 64.8 Å². The van der Waals surface area contributed by atoms with Crippen molar-refractivity contribution in [3.8, 4) is 11.5 Å². The highest BCUT2D eigenvalue weighted by Crippen LogP contribution is 2.32. The van der Waals surface area contributed by atoms with Crippen molar-refractivity contribution in [3.63, 3.8) is 0 Å². The first-order valence-corrected chi connectivity index (χ1v) is 10.8. The summed E-state index contributed by atoms with van der Waals surface area (Å²) in [5.74, 6) is 1.19. The second kappa shape index (κ2) is 9.25. The second-order valence-electron chi connectivity index (χ2n) is 7.85. The summed E-state index contributed by atoms with van der Waals surface area (Å²) in [5.41, 5.74) is 8.36. The van der Waals surface area contributed by atoms with Gasteiger partial charge in [-0.2, -0.15) is 5.10 Å². The summed E-state index contributed by atoms with van der Waals surface area (Å²) in [6.45, 7) is 2.52. The van der Waals surface area contributed by atoms with Crippen molar-refractivity contribution in [2.75, 3.05) is 14.2 Å². The SMILES string of the molecule is COc1ccc(/C(C)=N/NC(=O)CCn2c3c(c4ccccc42)CCCC3)cc1OC. The Bertz CT molecular complexity index is 1130. The van der Waals surface area contributed by atoms with Crippen LogP contribution in [0.1, 0.15) is 43.0 Å². The number of rotatable bonds is 7. The van der Waals surface area contributed by atoms with Crippen LogP contribution in [0.25, 0.3) is 10.9 Å². The number of fused-ring (bicyclic) bond motifs is 3. The molecule has 1 aliphatic rings. The Morgan fingerprint density at radius 3 is 2.65 bits per heavy atom. The lowest BCUT2D eigenvalue weighted by Gasteiger charge is -2.15. The molecule has 0 radical (unpaired) electrons. The fraction of sp³-hybridized carbons (Fsp3) is 0.360. The normalized spacial score (nSPS) is 13.7. The number of nitrogens with zero attached hydrogens (tertiary/aromatic N) is 2. The van der Waals surface area contributed by atoms with Crippen molar-refractivity contribution in [2.45, 2.75) is 45.6 Å². The monoisotopic (exact) mass is 419 g/mol. The number of benzene rings is 2. The van der Waals surface area contributed by atoms with Crippen molar-refractivity contribution >= 4 is 22.5 Å². The standard InChI is InChI=1S/C25H29N3O3/c1-17(18-12-13-23(30-2)24(16-18)31-3)26-27-25(29)14-15-28-21-10-6-4-8-19(21)20-9-5-7-11-22(20)28/h4,6,8,10,12-13,16H,5,7,9,11,14-15H2,1-3H3,(H,27,29)/b26-17+. The largest absolute Gasteiger partial charge is 0.493 e. The first kappa shape index (κ1) is 21.0. The van der Waals surface area contributed by atoms with E-state index in [0.717, 1.165) is 18.4 Å². The van der Waals surface area contributed by atoms with Gasteiger partial charge in [-0.1, -0.05) is 18.2 Å². The fourth-order valence-electron chi connectivity index (χ4n) is 4.38. The van der Waals surface area contributed by atoms with Crippen molar-refractivity contribution in [3.05, 3.63) is 59.3 Å². The first-order chi connectivity index (χ1) is 15.1. The quantitative estimate of drug-likeness (QED) is 0.454. The van der Waals surface area contributed by atoms with E-state index >= 15 is 0 Å². The maximum absolute atomic E-state index is 12.5.